The van der Waals surface area contributed by atoms with Crippen LogP contribution in [0.3, 0.4) is 0 Å². The molecule has 1 unspecified atom stereocenters. The van der Waals surface area contributed by atoms with Gasteiger partial charge in [0.25, 0.3) is 0 Å². The van der Waals surface area contributed by atoms with E-state index in [1.54, 1.807) is 0 Å². The fraction of sp³-hybridized carbons (Fsp3) is 0.632. The van der Waals surface area contributed by atoms with Gasteiger partial charge in [0.1, 0.15) is 5.75 Å². The van der Waals surface area contributed by atoms with Gasteiger partial charge in [-0.05, 0) is 38.4 Å². The van der Waals surface area contributed by atoms with Gasteiger partial charge in [-0.2, -0.15) is 0 Å². The summed E-state index contributed by atoms with van der Waals surface area (Å²) in [5.41, 5.74) is 0.778. The van der Waals surface area contributed by atoms with Gasteiger partial charge in [0, 0.05) is 11.8 Å². The van der Waals surface area contributed by atoms with Crippen LogP contribution < -0.4 is 15.4 Å². The summed E-state index contributed by atoms with van der Waals surface area (Å²) >= 11 is 0. The van der Waals surface area contributed by atoms with E-state index in [1.165, 1.54) is 25.7 Å². The summed E-state index contributed by atoms with van der Waals surface area (Å²) in [7, 11) is 0. The van der Waals surface area contributed by atoms with Crippen LogP contribution in [0, 0.1) is 0 Å². The Labute approximate surface area is 141 Å². The largest absolute Gasteiger partial charge is 0.491 e. The molecule has 0 saturated heterocycles. The van der Waals surface area contributed by atoms with Crippen molar-refractivity contribution in [2.45, 2.75) is 65.4 Å². The molecule has 23 heavy (non-hydrogen) atoms. The molecule has 1 aromatic rings. The molecule has 0 saturated carbocycles. The van der Waals surface area contributed by atoms with Gasteiger partial charge < -0.3 is 15.4 Å². The van der Waals surface area contributed by atoms with Gasteiger partial charge in [-0.15, -0.1) is 0 Å². The first kappa shape index (κ1) is 19.5. The second kappa shape index (κ2) is 11.9. The molecule has 0 aliphatic heterocycles. The van der Waals surface area contributed by atoms with Crippen LogP contribution >= 0.6 is 0 Å². The van der Waals surface area contributed by atoms with E-state index < -0.39 is 0 Å². The average molecular weight is 320 g/mol. The monoisotopic (exact) mass is 320 g/mol. The fourth-order valence-corrected chi connectivity index (χ4v) is 2.22. The molecule has 0 fully saturated rings. The van der Waals surface area contributed by atoms with Crippen molar-refractivity contribution in [3.8, 4) is 5.75 Å². The third-order valence-electron chi connectivity index (χ3n) is 3.77. The Bertz CT molecular complexity index is 449. The Kier molecular flexibility index (Phi) is 10.1. The molecule has 4 nitrogen and oxygen atoms in total. The fourth-order valence-electron chi connectivity index (χ4n) is 2.22. The lowest BCUT2D eigenvalue weighted by Gasteiger charge is -2.13. The second-order valence-electron chi connectivity index (χ2n) is 6.00. The summed E-state index contributed by atoms with van der Waals surface area (Å²) in [4.78, 5) is 11.9. The first-order chi connectivity index (χ1) is 11.2. The standard InChI is InChI=1S/C19H32N2O2/c1-4-6-7-8-9-13-20-15-19(22)21-17-11-10-12-18(14-17)23-16(3)5-2/h10-12,14,16,20H,4-9,13,15H2,1-3H3,(H,21,22). The molecule has 2 N–H and O–H groups in total. The lowest BCUT2D eigenvalue weighted by molar-refractivity contribution is -0.115. The van der Waals surface area contributed by atoms with Gasteiger partial charge in [-0.1, -0.05) is 45.6 Å². The molecule has 0 aromatic heterocycles. The zero-order valence-corrected chi connectivity index (χ0v) is 14.9. The number of benzene rings is 1. The van der Waals surface area contributed by atoms with E-state index >= 15 is 0 Å². The van der Waals surface area contributed by atoms with Crippen molar-refractivity contribution in [2.24, 2.45) is 0 Å². The second-order valence-corrected chi connectivity index (χ2v) is 6.00. The minimum atomic E-state index is -0.0146. The molecule has 4 heteroatoms. The summed E-state index contributed by atoms with van der Waals surface area (Å²) < 4.78 is 5.76. The number of rotatable bonds is 12. The number of nitrogens with one attached hydrogen (secondary N) is 2. The maximum atomic E-state index is 11.9. The number of ether oxygens (including phenoxy) is 1. The van der Waals surface area contributed by atoms with Crippen LogP contribution in [0.15, 0.2) is 24.3 Å². The van der Waals surface area contributed by atoms with E-state index in [0.29, 0.717) is 6.54 Å². The molecule has 130 valence electrons. The van der Waals surface area contributed by atoms with Crippen LogP contribution in [0.25, 0.3) is 0 Å². The molecule has 1 atom stereocenters. The summed E-state index contributed by atoms with van der Waals surface area (Å²) in [6.45, 7) is 7.59. The summed E-state index contributed by atoms with van der Waals surface area (Å²) in [5, 5.41) is 6.10. The number of hydrogen-bond acceptors (Lipinski definition) is 3. The van der Waals surface area contributed by atoms with Crippen LogP contribution in [0.4, 0.5) is 5.69 Å². The normalized spacial score (nSPS) is 12.0. The van der Waals surface area contributed by atoms with Crippen molar-refractivity contribution >= 4 is 11.6 Å². The van der Waals surface area contributed by atoms with Gasteiger partial charge in [-0.25, -0.2) is 0 Å². The van der Waals surface area contributed by atoms with Crippen LogP contribution in [0.2, 0.25) is 0 Å². The summed E-state index contributed by atoms with van der Waals surface area (Å²) in [6, 6.07) is 7.56. The van der Waals surface area contributed by atoms with E-state index in [1.807, 2.05) is 31.2 Å². The van der Waals surface area contributed by atoms with Gasteiger partial charge in [0.15, 0.2) is 0 Å². The molecule has 0 spiro atoms. The van der Waals surface area contributed by atoms with Gasteiger partial charge in [-0.3, -0.25) is 4.79 Å². The molecule has 1 aromatic carbocycles. The van der Waals surface area contributed by atoms with Crippen LogP contribution in [0.5, 0.6) is 5.75 Å². The Hall–Kier alpha value is -1.55. The van der Waals surface area contributed by atoms with Crippen molar-refractivity contribution in [3.63, 3.8) is 0 Å². The lowest BCUT2D eigenvalue weighted by Crippen LogP contribution is -2.28. The van der Waals surface area contributed by atoms with E-state index in [4.69, 9.17) is 4.74 Å². The van der Waals surface area contributed by atoms with E-state index in [0.717, 1.165) is 30.8 Å². The molecule has 1 rings (SSSR count). The molecule has 1 amide bonds. The molecular weight excluding hydrogens is 288 g/mol. The van der Waals surface area contributed by atoms with Crippen molar-refractivity contribution in [2.75, 3.05) is 18.4 Å². The summed E-state index contributed by atoms with van der Waals surface area (Å²) in [6.07, 6.45) is 7.34. The van der Waals surface area contributed by atoms with E-state index in [2.05, 4.69) is 24.5 Å². The molecule has 0 radical (unpaired) electrons. The molecule has 0 bridgehead atoms. The predicted molar refractivity (Wildman–Crippen MR) is 97.1 cm³/mol. The molecule has 0 aliphatic carbocycles. The Morgan fingerprint density at radius 2 is 1.96 bits per heavy atom. The number of carbonyl (C=O) groups excluding carboxylic acids is 1. The number of unbranched alkanes of at least 4 members (excludes halogenated alkanes) is 4. The molecular formula is C19H32N2O2. The maximum absolute atomic E-state index is 11.9. The lowest BCUT2D eigenvalue weighted by atomic mass is 10.1. The van der Waals surface area contributed by atoms with Gasteiger partial charge >= 0.3 is 0 Å². The van der Waals surface area contributed by atoms with Gasteiger partial charge in [0.2, 0.25) is 5.91 Å². The third-order valence-corrected chi connectivity index (χ3v) is 3.77. The number of amides is 1. The molecule has 0 aliphatic rings. The van der Waals surface area contributed by atoms with Crippen LogP contribution in [-0.2, 0) is 4.79 Å². The number of hydrogen-bond donors (Lipinski definition) is 2. The van der Waals surface area contributed by atoms with Crippen molar-refractivity contribution in [1.29, 1.82) is 0 Å². The summed E-state index contributed by atoms with van der Waals surface area (Å²) in [5.74, 6) is 0.778. The zero-order chi connectivity index (χ0) is 16.9. The molecule has 0 heterocycles. The van der Waals surface area contributed by atoms with E-state index in [9.17, 15) is 4.79 Å². The van der Waals surface area contributed by atoms with Crippen molar-refractivity contribution in [1.82, 2.24) is 5.32 Å². The van der Waals surface area contributed by atoms with Crippen LogP contribution in [0.1, 0.15) is 59.3 Å². The SMILES string of the molecule is CCCCCCCNCC(=O)Nc1cccc(OC(C)CC)c1. The first-order valence-electron chi connectivity index (χ1n) is 8.93. The minimum Gasteiger partial charge on any atom is -0.491 e. The van der Waals surface area contributed by atoms with E-state index in [-0.39, 0.29) is 12.0 Å². The highest BCUT2D eigenvalue weighted by atomic mass is 16.5. The van der Waals surface area contributed by atoms with Crippen molar-refractivity contribution in [3.05, 3.63) is 24.3 Å². The first-order valence-corrected chi connectivity index (χ1v) is 8.93. The van der Waals surface area contributed by atoms with Crippen LogP contribution in [-0.4, -0.2) is 25.1 Å². The highest BCUT2D eigenvalue weighted by Crippen LogP contribution is 2.19. The minimum absolute atomic E-state index is 0.0146. The average Bonchev–Trinajstić information content (AvgIpc) is 2.54. The highest BCUT2D eigenvalue weighted by Gasteiger charge is 2.05. The number of carbonyl (C=O) groups is 1. The highest BCUT2D eigenvalue weighted by molar-refractivity contribution is 5.92. The topological polar surface area (TPSA) is 50.4 Å². The Morgan fingerprint density at radius 3 is 2.70 bits per heavy atom. The van der Waals surface area contributed by atoms with Crippen molar-refractivity contribution < 1.29 is 9.53 Å². The predicted octanol–water partition coefficient (Wildman–Crippen LogP) is 4.36. The quantitative estimate of drug-likeness (QED) is 0.563. The Morgan fingerprint density at radius 1 is 1.17 bits per heavy atom. The Balaban J connectivity index is 2.24. The maximum Gasteiger partial charge on any atom is 0.238 e. The number of anilines is 1. The smallest absolute Gasteiger partial charge is 0.238 e. The zero-order valence-electron chi connectivity index (χ0n) is 14.9. The van der Waals surface area contributed by atoms with Gasteiger partial charge in [0.05, 0.1) is 12.6 Å². The third kappa shape index (κ3) is 9.24.